The fourth-order valence-corrected chi connectivity index (χ4v) is 3.39. The van der Waals surface area contributed by atoms with Crippen LogP contribution in [0, 0.1) is 12.7 Å². The van der Waals surface area contributed by atoms with Crippen LogP contribution < -0.4 is 4.90 Å². The lowest BCUT2D eigenvalue weighted by atomic mass is 10.1. The molecular weight excluding hydrogens is 392 g/mol. The number of benzene rings is 1. The first-order valence-corrected chi connectivity index (χ1v) is 9.25. The van der Waals surface area contributed by atoms with Gasteiger partial charge in [-0.2, -0.15) is 0 Å². The lowest BCUT2D eigenvalue weighted by Gasteiger charge is -2.27. The molecule has 8 heteroatoms. The first-order chi connectivity index (χ1) is 12.5. The number of anilines is 1. The third-order valence-electron chi connectivity index (χ3n) is 4.19. The molecule has 0 aliphatic rings. The summed E-state index contributed by atoms with van der Waals surface area (Å²) in [5.41, 5.74) is 1.09. The lowest BCUT2D eigenvalue weighted by Crippen LogP contribution is -2.37. The highest BCUT2D eigenvalue weighted by Gasteiger charge is 2.27. The number of H-pyrrole nitrogens is 1. The van der Waals surface area contributed by atoms with Gasteiger partial charge in [0.05, 0.1) is 21.2 Å². The predicted molar refractivity (Wildman–Crippen MR) is 108 cm³/mol. The quantitative estimate of drug-likeness (QED) is 0.543. The van der Waals surface area contributed by atoms with Gasteiger partial charge in [0.2, 0.25) is 0 Å². The number of rotatable bonds is 2. The van der Waals surface area contributed by atoms with Gasteiger partial charge in [-0.15, -0.1) is 0 Å². The number of aromatic amines is 1. The standard InChI is InChI=1S/C19H20Cl2FN3O2/c1-6-25(18(26)27-19(3,4)5)12-7-11(22)9(2)13-14-15(21)10(20)8-23-17(14)24-16(12)13/h7-8H,6H2,1-5H3,(H,23,24). The molecule has 0 radical (unpaired) electrons. The molecule has 0 unspecified atom stereocenters. The topological polar surface area (TPSA) is 58.2 Å². The monoisotopic (exact) mass is 411 g/mol. The van der Waals surface area contributed by atoms with Gasteiger partial charge >= 0.3 is 6.09 Å². The number of nitrogens with zero attached hydrogens (tertiary/aromatic N) is 2. The SMILES string of the molecule is CCN(C(=O)OC(C)(C)C)c1cc(F)c(C)c2c1[nH]c1ncc(Cl)c(Cl)c12. The molecule has 2 aromatic heterocycles. The summed E-state index contributed by atoms with van der Waals surface area (Å²) in [4.78, 5) is 21.4. The van der Waals surface area contributed by atoms with Crippen LogP contribution in [0.4, 0.5) is 14.9 Å². The summed E-state index contributed by atoms with van der Waals surface area (Å²) in [6.45, 7) is 9.06. The van der Waals surface area contributed by atoms with Crippen LogP contribution in [0.3, 0.4) is 0 Å². The van der Waals surface area contributed by atoms with Crippen molar-refractivity contribution in [2.75, 3.05) is 11.4 Å². The van der Waals surface area contributed by atoms with Crippen molar-refractivity contribution in [3.05, 3.63) is 33.7 Å². The van der Waals surface area contributed by atoms with E-state index in [2.05, 4.69) is 9.97 Å². The molecule has 0 aliphatic carbocycles. The second kappa shape index (κ2) is 6.84. The van der Waals surface area contributed by atoms with Crippen LogP contribution in [0.5, 0.6) is 0 Å². The summed E-state index contributed by atoms with van der Waals surface area (Å²) in [6.07, 6.45) is 0.864. The maximum atomic E-state index is 14.8. The van der Waals surface area contributed by atoms with Crippen molar-refractivity contribution >= 4 is 56.9 Å². The fourth-order valence-electron chi connectivity index (χ4n) is 3.01. The van der Waals surface area contributed by atoms with Gasteiger partial charge in [0, 0.05) is 29.6 Å². The van der Waals surface area contributed by atoms with E-state index >= 15 is 0 Å². The van der Waals surface area contributed by atoms with E-state index in [1.807, 2.05) is 0 Å². The van der Waals surface area contributed by atoms with Gasteiger partial charge in [0.25, 0.3) is 0 Å². The number of carbonyl (C=O) groups is 1. The molecule has 0 spiro atoms. The molecule has 0 saturated heterocycles. The highest BCUT2D eigenvalue weighted by molar-refractivity contribution is 6.46. The third kappa shape index (κ3) is 3.44. The van der Waals surface area contributed by atoms with Gasteiger partial charge < -0.3 is 9.72 Å². The minimum atomic E-state index is -0.675. The van der Waals surface area contributed by atoms with Gasteiger partial charge in [0.15, 0.2) is 0 Å². The maximum Gasteiger partial charge on any atom is 0.414 e. The Morgan fingerprint density at radius 2 is 2.00 bits per heavy atom. The Bertz CT molecular complexity index is 1060. The molecule has 1 amide bonds. The number of hydrogen-bond acceptors (Lipinski definition) is 3. The zero-order valence-electron chi connectivity index (χ0n) is 15.7. The number of carbonyl (C=O) groups excluding carboxylic acids is 1. The Morgan fingerprint density at radius 1 is 1.33 bits per heavy atom. The Hall–Kier alpha value is -2.05. The van der Waals surface area contributed by atoms with Crippen molar-refractivity contribution in [1.82, 2.24) is 9.97 Å². The number of ether oxygens (including phenoxy) is 1. The largest absolute Gasteiger partial charge is 0.443 e. The van der Waals surface area contributed by atoms with Crippen LogP contribution in [0.25, 0.3) is 21.9 Å². The van der Waals surface area contributed by atoms with Crippen molar-refractivity contribution in [1.29, 1.82) is 0 Å². The van der Waals surface area contributed by atoms with Gasteiger partial charge in [-0.25, -0.2) is 14.2 Å². The zero-order valence-corrected chi connectivity index (χ0v) is 17.2. The van der Waals surface area contributed by atoms with Crippen LogP contribution >= 0.6 is 23.2 Å². The summed E-state index contributed by atoms with van der Waals surface area (Å²) in [5.74, 6) is -0.462. The Labute approximate surface area is 166 Å². The average molecular weight is 412 g/mol. The lowest BCUT2D eigenvalue weighted by molar-refractivity contribution is 0.0582. The average Bonchev–Trinajstić information content (AvgIpc) is 2.95. The number of hydrogen-bond donors (Lipinski definition) is 1. The first-order valence-electron chi connectivity index (χ1n) is 8.50. The molecule has 0 fully saturated rings. The molecule has 1 N–H and O–H groups in total. The fraction of sp³-hybridized carbons (Fsp3) is 0.368. The van der Waals surface area contributed by atoms with Gasteiger partial charge in [-0.05, 0) is 40.2 Å². The van der Waals surface area contributed by atoms with Crippen molar-refractivity contribution in [2.24, 2.45) is 0 Å². The van der Waals surface area contributed by atoms with E-state index in [-0.39, 0.29) is 10.0 Å². The molecule has 0 saturated carbocycles. The van der Waals surface area contributed by atoms with Crippen LogP contribution in [0.15, 0.2) is 12.3 Å². The summed E-state index contributed by atoms with van der Waals surface area (Å²) in [6, 6.07) is 1.32. The van der Waals surface area contributed by atoms with E-state index in [0.29, 0.717) is 39.7 Å². The number of amides is 1. The van der Waals surface area contributed by atoms with Crippen molar-refractivity contribution < 1.29 is 13.9 Å². The molecule has 0 aliphatic heterocycles. The highest BCUT2D eigenvalue weighted by atomic mass is 35.5. The summed E-state index contributed by atoms with van der Waals surface area (Å²) in [5, 5.41) is 1.63. The molecule has 1 aromatic carbocycles. The zero-order chi connectivity index (χ0) is 20.1. The van der Waals surface area contributed by atoms with Crippen LogP contribution in [-0.2, 0) is 4.74 Å². The second-order valence-corrected chi connectivity index (χ2v) is 8.03. The van der Waals surface area contributed by atoms with E-state index in [1.54, 1.807) is 34.6 Å². The minimum Gasteiger partial charge on any atom is -0.443 e. The molecule has 2 heterocycles. The molecule has 3 aromatic rings. The van der Waals surface area contributed by atoms with Crippen LogP contribution in [0.2, 0.25) is 10.0 Å². The molecular formula is C19H20Cl2FN3O2. The minimum absolute atomic E-state index is 0.273. The van der Waals surface area contributed by atoms with E-state index in [9.17, 15) is 9.18 Å². The van der Waals surface area contributed by atoms with Crippen molar-refractivity contribution in [2.45, 2.75) is 40.2 Å². The number of fused-ring (bicyclic) bond motifs is 3. The normalized spacial score (nSPS) is 12.0. The van der Waals surface area contributed by atoms with E-state index in [1.165, 1.54) is 17.2 Å². The number of pyridine rings is 1. The molecule has 144 valence electrons. The highest BCUT2D eigenvalue weighted by Crippen LogP contribution is 2.40. The number of halogens is 3. The molecule has 3 rings (SSSR count). The van der Waals surface area contributed by atoms with Crippen molar-refractivity contribution in [3.8, 4) is 0 Å². The maximum absolute atomic E-state index is 14.8. The third-order valence-corrected chi connectivity index (χ3v) is 4.97. The van der Waals surface area contributed by atoms with Gasteiger partial charge in [-0.1, -0.05) is 23.2 Å². The Kier molecular flexibility index (Phi) is 4.99. The van der Waals surface area contributed by atoms with E-state index in [4.69, 9.17) is 27.9 Å². The van der Waals surface area contributed by atoms with E-state index < -0.39 is 17.5 Å². The summed E-state index contributed by atoms with van der Waals surface area (Å²) < 4.78 is 20.2. The summed E-state index contributed by atoms with van der Waals surface area (Å²) in [7, 11) is 0. The Morgan fingerprint density at radius 3 is 2.59 bits per heavy atom. The number of nitrogens with one attached hydrogen (secondary N) is 1. The molecule has 5 nitrogen and oxygen atoms in total. The second-order valence-electron chi connectivity index (χ2n) is 7.25. The van der Waals surface area contributed by atoms with Crippen LogP contribution in [0.1, 0.15) is 33.3 Å². The smallest absolute Gasteiger partial charge is 0.414 e. The molecule has 0 atom stereocenters. The number of aromatic nitrogens is 2. The predicted octanol–water partition coefficient (Wildman–Crippen LogP) is 6.23. The van der Waals surface area contributed by atoms with Crippen molar-refractivity contribution in [3.63, 3.8) is 0 Å². The van der Waals surface area contributed by atoms with Gasteiger partial charge in [0.1, 0.15) is 17.1 Å². The summed E-state index contributed by atoms with van der Waals surface area (Å²) >= 11 is 12.5. The van der Waals surface area contributed by atoms with Gasteiger partial charge in [-0.3, -0.25) is 4.90 Å². The van der Waals surface area contributed by atoms with Crippen LogP contribution in [-0.4, -0.2) is 28.2 Å². The molecule has 27 heavy (non-hydrogen) atoms. The Balaban J connectivity index is 2.32. The molecule has 0 bridgehead atoms. The van der Waals surface area contributed by atoms with E-state index in [0.717, 1.165) is 0 Å². The first kappa shape index (κ1) is 19.7. The number of aryl methyl sites for hydroxylation is 1.